The molecular formula is C12H23N3O3. The first-order valence-corrected chi connectivity index (χ1v) is 6.36. The van der Waals surface area contributed by atoms with E-state index in [4.69, 9.17) is 5.73 Å². The number of urea groups is 1. The van der Waals surface area contributed by atoms with Crippen LogP contribution in [0.25, 0.3) is 0 Å². The quantitative estimate of drug-likeness (QED) is 0.779. The number of hydrogen-bond acceptors (Lipinski definition) is 3. The Morgan fingerprint density at radius 3 is 2.28 bits per heavy atom. The summed E-state index contributed by atoms with van der Waals surface area (Å²) in [4.78, 5) is 26.7. The van der Waals surface area contributed by atoms with Gasteiger partial charge in [0.15, 0.2) is 0 Å². The Labute approximate surface area is 108 Å². The molecule has 1 aliphatic heterocycles. The van der Waals surface area contributed by atoms with Crippen LogP contribution < -0.4 is 5.73 Å². The summed E-state index contributed by atoms with van der Waals surface area (Å²) in [6.07, 6.45) is 1.55. The molecule has 18 heavy (non-hydrogen) atoms. The number of likely N-dealkylation sites (N-methyl/N-ethyl adjacent to an activating group) is 1. The van der Waals surface area contributed by atoms with Crippen LogP contribution in [0.2, 0.25) is 0 Å². The number of amides is 2. The molecule has 0 aliphatic carbocycles. The van der Waals surface area contributed by atoms with Crippen molar-refractivity contribution in [3.8, 4) is 0 Å². The Kier molecular flexibility index (Phi) is 4.56. The second kappa shape index (κ2) is 5.56. The first-order valence-electron chi connectivity index (χ1n) is 6.36. The molecule has 6 heteroatoms. The maximum absolute atomic E-state index is 12.3. The zero-order valence-electron chi connectivity index (χ0n) is 11.3. The summed E-state index contributed by atoms with van der Waals surface area (Å²) < 4.78 is 0. The van der Waals surface area contributed by atoms with Crippen LogP contribution in [-0.2, 0) is 4.79 Å². The number of nitrogens with zero attached hydrogens (tertiary/aromatic N) is 2. The molecule has 0 aromatic carbocycles. The maximum atomic E-state index is 12.3. The van der Waals surface area contributed by atoms with Crippen molar-refractivity contribution in [1.82, 2.24) is 9.80 Å². The second-order valence-electron chi connectivity index (χ2n) is 5.22. The van der Waals surface area contributed by atoms with E-state index in [1.165, 1.54) is 4.90 Å². The van der Waals surface area contributed by atoms with Crippen molar-refractivity contribution in [3.63, 3.8) is 0 Å². The van der Waals surface area contributed by atoms with E-state index in [9.17, 15) is 14.7 Å². The van der Waals surface area contributed by atoms with Gasteiger partial charge in [-0.1, -0.05) is 0 Å². The monoisotopic (exact) mass is 257 g/mol. The van der Waals surface area contributed by atoms with Gasteiger partial charge in [-0.05, 0) is 33.6 Å². The summed E-state index contributed by atoms with van der Waals surface area (Å²) in [5.74, 6) is -0.994. The van der Waals surface area contributed by atoms with E-state index in [2.05, 4.69) is 0 Å². The molecule has 0 radical (unpaired) electrons. The molecule has 1 fully saturated rings. The van der Waals surface area contributed by atoms with Gasteiger partial charge in [0.25, 0.3) is 0 Å². The Morgan fingerprint density at radius 1 is 1.39 bits per heavy atom. The molecule has 0 aromatic heterocycles. The Balaban J connectivity index is 2.77. The summed E-state index contributed by atoms with van der Waals surface area (Å²) >= 11 is 0. The molecular weight excluding hydrogens is 234 g/mol. The third-order valence-corrected chi connectivity index (χ3v) is 3.56. The van der Waals surface area contributed by atoms with Gasteiger partial charge in [0, 0.05) is 25.7 Å². The highest BCUT2D eigenvalue weighted by atomic mass is 16.4. The van der Waals surface area contributed by atoms with Gasteiger partial charge in [0.1, 0.15) is 5.54 Å². The number of nitrogens with two attached hydrogens (primary N) is 1. The summed E-state index contributed by atoms with van der Waals surface area (Å²) in [5, 5.41) is 9.20. The second-order valence-corrected chi connectivity index (χ2v) is 5.22. The van der Waals surface area contributed by atoms with Crippen molar-refractivity contribution >= 4 is 12.0 Å². The zero-order valence-corrected chi connectivity index (χ0v) is 11.3. The van der Waals surface area contributed by atoms with Crippen molar-refractivity contribution in [2.75, 3.05) is 19.6 Å². The standard InChI is InChI=1S/C12H23N3O3/c1-4-15(12(2,3)10(16)17)11(18)14-7-5-9(13)6-8-14/h9H,4-8,13H2,1-3H3,(H,16,17). The number of carbonyl (C=O) groups is 2. The molecule has 2 amide bonds. The molecule has 104 valence electrons. The lowest BCUT2D eigenvalue weighted by Gasteiger charge is -2.40. The molecule has 6 nitrogen and oxygen atoms in total. The molecule has 1 aliphatic rings. The molecule has 0 atom stereocenters. The van der Waals surface area contributed by atoms with E-state index in [0.717, 1.165) is 12.8 Å². The van der Waals surface area contributed by atoms with Crippen molar-refractivity contribution in [2.45, 2.75) is 45.2 Å². The summed E-state index contributed by atoms with van der Waals surface area (Å²) in [5.41, 5.74) is 4.60. The highest BCUT2D eigenvalue weighted by Gasteiger charge is 2.39. The van der Waals surface area contributed by atoms with Gasteiger partial charge in [-0.3, -0.25) is 0 Å². The number of rotatable bonds is 3. The van der Waals surface area contributed by atoms with Crippen molar-refractivity contribution < 1.29 is 14.7 Å². The number of piperidine rings is 1. The third kappa shape index (κ3) is 2.93. The van der Waals surface area contributed by atoms with Crippen LogP contribution in [0.3, 0.4) is 0 Å². The van der Waals surface area contributed by atoms with E-state index < -0.39 is 11.5 Å². The number of hydrogen-bond donors (Lipinski definition) is 2. The van der Waals surface area contributed by atoms with Gasteiger partial charge in [0.2, 0.25) is 0 Å². The first-order chi connectivity index (χ1) is 8.30. The largest absolute Gasteiger partial charge is 0.480 e. The molecule has 0 saturated carbocycles. The van der Waals surface area contributed by atoms with E-state index in [-0.39, 0.29) is 12.1 Å². The van der Waals surface area contributed by atoms with Gasteiger partial charge >= 0.3 is 12.0 Å². The molecule has 1 heterocycles. The van der Waals surface area contributed by atoms with Crippen LogP contribution in [0.4, 0.5) is 4.79 Å². The van der Waals surface area contributed by atoms with Crippen LogP contribution in [-0.4, -0.2) is 58.1 Å². The van der Waals surface area contributed by atoms with Crippen LogP contribution in [0, 0.1) is 0 Å². The normalized spacial score (nSPS) is 17.7. The van der Waals surface area contributed by atoms with Gasteiger partial charge in [-0.25, -0.2) is 9.59 Å². The minimum atomic E-state index is -1.19. The number of likely N-dealkylation sites (tertiary alicyclic amines) is 1. The molecule has 1 saturated heterocycles. The minimum absolute atomic E-state index is 0.150. The predicted octanol–water partition coefficient (Wildman–Crippen LogP) is 0.715. The van der Waals surface area contributed by atoms with Crippen LogP contribution in [0.15, 0.2) is 0 Å². The summed E-state index contributed by atoms with van der Waals surface area (Å²) in [7, 11) is 0. The molecule has 3 N–H and O–H groups in total. The van der Waals surface area contributed by atoms with E-state index in [1.54, 1.807) is 25.7 Å². The van der Waals surface area contributed by atoms with Crippen molar-refractivity contribution in [1.29, 1.82) is 0 Å². The third-order valence-electron chi connectivity index (χ3n) is 3.56. The first kappa shape index (κ1) is 14.8. The Hall–Kier alpha value is -1.30. The summed E-state index contributed by atoms with van der Waals surface area (Å²) in [6, 6.07) is -0.0617. The van der Waals surface area contributed by atoms with Gasteiger partial charge in [-0.2, -0.15) is 0 Å². The van der Waals surface area contributed by atoms with Crippen molar-refractivity contribution in [3.05, 3.63) is 0 Å². The van der Waals surface area contributed by atoms with Crippen LogP contribution in [0.5, 0.6) is 0 Å². The van der Waals surface area contributed by atoms with Gasteiger partial charge in [-0.15, -0.1) is 0 Å². The SMILES string of the molecule is CCN(C(=O)N1CCC(N)CC1)C(C)(C)C(=O)O. The summed E-state index contributed by atoms with van der Waals surface area (Å²) in [6.45, 7) is 6.47. The van der Waals surface area contributed by atoms with Gasteiger partial charge in [0.05, 0.1) is 0 Å². The number of carboxylic acids is 1. The van der Waals surface area contributed by atoms with Crippen LogP contribution in [0.1, 0.15) is 33.6 Å². The predicted molar refractivity (Wildman–Crippen MR) is 68.3 cm³/mol. The van der Waals surface area contributed by atoms with E-state index in [1.807, 2.05) is 0 Å². The number of carboxylic acid groups (broad SMARTS) is 1. The highest BCUT2D eigenvalue weighted by molar-refractivity contribution is 5.85. The van der Waals surface area contributed by atoms with Crippen molar-refractivity contribution in [2.24, 2.45) is 5.73 Å². The zero-order chi connectivity index (χ0) is 13.9. The lowest BCUT2D eigenvalue weighted by molar-refractivity contribution is -0.147. The van der Waals surface area contributed by atoms with Crippen LogP contribution >= 0.6 is 0 Å². The average molecular weight is 257 g/mol. The Bertz CT molecular complexity index is 323. The smallest absolute Gasteiger partial charge is 0.329 e. The fraction of sp³-hybridized carbons (Fsp3) is 0.833. The maximum Gasteiger partial charge on any atom is 0.329 e. The average Bonchev–Trinajstić information content (AvgIpc) is 2.30. The molecule has 0 aromatic rings. The lowest BCUT2D eigenvalue weighted by Crippen LogP contribution is -2.58. The van der Waals surface area contributed by atoms with E-state index >= 15 is 0 Å². The molecule has 0 bridgehead atoms. The topological polar surface area (TPSA) is 86.9 Å². The van der Waals surface area contributed by atoms with E-state index in [0.29, 0.717) is 19.6 Å². The highest BCUT2D eigenvalue weighted by Crippen LogP contribution is 2.19. The lowest BCUT2D eigenvalue weighted by atomic mass is 10.0. The Morgan fingerprint density at radius 2 is 1.89 bits per heavy atom. The molecule has 1 rings (SSSR count). The molecule has 0 spiro atoms. The number of carbonyl (C=O) groups excluding carboxylic acids is 1. The molecule has 0 unspecified atom stereocenters. The number of aliphatic carboxylic acids is 1. The fourth-order valence-corrected chi connectivity index (χ4v) is 2.15. The minimum Gasteiger partial charge on any atom is -0.480 e. The fourth-order valence-electron chi connectivity index (χ4n) is 2.15. The van der Waals surface area contributed by atoms with Gasteiger partial charge < -0.3 is 20.6 Å².